The molecule has 0 aromatic heterocycles. The second kappa shape index (κ2) is 9.11. The molecule has 0 radical (unpaired) electrons. The van der Waals surface area contributed by atoms with E-state index in [-0.39, 0.29) is 0 Å². The lowest BCUT2D eigenvalue weighted by Crippen LogP contribution is -2.74. The quantitative estimate of drug-likeness (QED) is 0.694. The molecule has 3 heterocycles. The van der Waals surface area contributed by atoms with Gasteiger partial charge in [0, 0.05) is 45.8 Å². The van der Waals surface area contributed by atoms with Crippen LogP contribution >= 0.6 is 0 Å². The van der Waals surface area contributed by atoms with Crippen LogP contribution in [-0.4, -0.2) is 123 Å². The molecule has 3 aliphatic rings. The van der Waals surface area contributed by atoms with Crippen molar-refractivity contribution in [2.24, 2.45) is 0 Å². The molecule has 3 rings (SSSR count). The Balaban J connectivity index is 1.56. The lowest BCUT2D eigenvalue weighted by atomic mass is 10.2. The lowest BCUT2D eigenvalue weighted by Gasteiger charge is -2.53. The SMILES string of the molecule is CCCCN1CCN([N+]2(CC)CCNC(N3CCN(C)CC3)C2)CC1. The van der Waals surface area contributed by atoms with Crippen LogP contribution in [0.15, 0.2) is 0 Å². The Morgan fingerprint density at radius 3 is 2.32 bits per heavy atom. The van der Waals surface area contributed by atoms with Crippen molar-refractivity contribution in [3.8, 4) is 0 Å². The van der Waals surface area contributed by atoms with Crippen LogP contribution in [-0.2, 0) is 0 Å². The van der Waals surface area contributed by atoms with Crippen LogP contribution in [0.25, 0.3) is 0 Å². The van der Waals surface area contributed by atoms with Crippen molar-refractivity contribution in [1.29, 1.82) is 0 Å². The van der Waals surface area contributed by atoms with Gasteiger partial charge >= 0.3 is 0 Å². The third-order valence-electron chi connectivity index (χ3n) is 6.76. The Labute approximate surface area is 155 Å². The van der Waals surface area contributed by atoms with Gasteiger partial charge in [-0.15, -0.1) is 0 Å². The molecule has 0 aliphatic carbocycles. The van der Waals surface area contributed by atoms with E-state index in [1.54, 1.807) is 0 Å². The molecule has 0 aromatic rings. The zero-order valence-electron chi connectivity index (χ0n) is 16.9. The normalized spacial score (nSPS) is 34.4. The van der Waals surface area contributed by atoms with Crippen LogP contribution < -0.4 is 5.32 Å². The molecule has 146 valence electrons. The van der Waals surface area contributed by atoms with E-state index in [9.17, 15) is 0 Å². The monoisotopic (exact) mass is 353 g/mol. The van der Waals surface area contributed by atoms with Crippen molar-refractivity contribution in [2.45, 2.75) is 32.9 Å². The third kappa shape index (κ3) is 4.73. The van der Waals surface area contributed by atoms with Gasteiger partial charge in [0.1, 0.15) is 19.3 Å². The van der Waals surface area contributed by atoms with Crippen molar-refractivity contribution in [3.63, 3.8) is 0 Å². The van der Waals surface area contributed by atoms with Gasteiger partial charge in [0.2, 0.25) is 0 Å². The molecular weight excluding hydrogens is 312 g/mol. The minimum atomic E-state index is 0.556. The summed E-state index contributed by atoms with van der Waals surface area (Å²) < 4.78 is 1.20. The summed E-state index contributed by atoms with van der Waals surface area (Å²) in [6.45, 7) is 20.7. The molecule has 0 saturated carbocycles. The summed E-state index contributed by atoms with van der Waals surface area (Å²) in [4.78, 5) is 7.82. The maximum Gasteiger partial charge on any atom is 0.126 e. The number of hydrogen-bond donors (Lipinski definition) is 1. The molecule has 3 aliphatic heterocycles. The standard InChI is InChI=1S/C19H41N6/c1-4-6-8-22-11-15-24(16-12-22)25(5-2)17-7-20-19(18-25)23-13-9-21(3)10-14-23/h19-20H,4-18H2,1-3H3/q+1. The molecule has 3 saturated heterocycles. The predicted molar refractivity (Wildman–Crippen MR) is 104 cm³/mol. The Bertz CT molecular complexity index is 389. The zero-order valence-corrected chi connectivity index (χ0v) is 16.9. The number of rotatable bonds is 6. The highest BCUT2D eigenvalue weighted by atomic mass is 15.8. The Hall–Kier alpha value is -0.240. The fourth-order valence-corrected chi connectivity index (χ4v) is 4.81. The van der Waals surface area contributed by atoms with Crippen molar-refractivity contribution in [3.05, 3.63) is 0 Å². The Kier molecular flexibility index (Phi) is 7.11. The van der Waals surface area contributed by atoms with Gasteiger partial charge in [0.05, 0.1) is 19.6 Å². The van der Waals surface area contributed by atoms with E-state index in [2.05, 4.69) is 45.9 Å². The number of quaternary nitrogens is 1. The van der Waals surface area contributed by atoms with Gasteiger partial charge in [-0.2, -0.15) is 5.01 Å². The van der Waals surface area contributed by atoms with Gasteiger partial charge in [-0.05, 0) is 26.9 Å². The molecule has 0 bridgehead atoms. The van der Waals surface area contributed by atoms with Gasteiger partial charge in [-0.3, -0.25) is 10.2 Å². The van der Waals surface area contributed by atoms with Crippen LogP contribution in [0.3, 0.4) is 0 Å². The number of nitrogens with zero attached hydrogens (tertiary/aromatic N) is 5. The van der Waals surface area contributed by atoms with Crippen LogP contribution in [0.2, 0.25) is 0 Å². The molecule has 3 fully saturated rings. The summed E-state index contributed by atoms with van der Waals surface area (Å²) in [5.41, 5.74) is 0. The highest BCUT2D eigenvalue weighted by Gasteiger charge is 2.42. The molecule has 0 spiro atoms. The summed E-state index contributed by atoms with van der Waals surface area (Å²) in [5, 5.41) is 6.62. The number of unbranched alkanes of at least 4 members (excludes halogenated alkanes) is 1. The molecular formula is C19H41N6+. The van der Waals surface area contributed by atoms with Gasteiger partial charge in [-0.1, -0.05) is 13.3 Å². The molecule has 2 unspecified atom stereocenters. The Morgan fingerprint density at radius 1 is 0.960 bits per heavy atom. The second-order valence-electron chi connectivity index (χ2n) is 8.28. The van der Waals surface area contributed by atoms with E-state index < -0.39 is 0 Å². The molecule has 2 atom stereocenters. The zero-order chi connectivity index (χ0) is 17.7. The summed E-state index contributed by atoms with van der Waals surface area (Å²) in [6.07, 6.45) is 3.22. The number of likely N-dealkylation sites (N-methyl/N-ethyl adjacent to an activating group) is 2. The second-order valence-corrected chi connectivity index (χ2v) is 8.28. The number of hydrogen-bond acceptors (Lipinski definition) is 5. The van der Waals surface area contributed by atoms with Crippen LogP contribution in [0.5, 0.6) is 0 Å². The van der Waals surface area contributed by atoms with E-state index in [1.807, 2.05) is 0 Å². The first-order valence-electron chi connectivity index (χ1n) is 10.7. The fraction of sp³-hybridized carbons (Fsp3) is 1.00. The summed E-state index contributed by atoms with van der Waals surface area (Å²) in [6, 6.07) is 0. The topological polar surface area (TPSA) is 25.0 Å². The molecule has 25 heavy (non-hydrogen) atoms. The molecule has 6 nitrogen and oxygen atoms in total. The maximum absolute atomic E-state index is 3.82. The number of piperazine rings is 3. The van der Waals surface area contributed by atoms with Crippen molar-refractivity contribution in [1.82, 2.24) is 25.0 Å². The van der Waals surface area contributed by atoms with Crippen molar-refractivity contribution < 1.29 is 4.59 Å². The summed E-state index contributed by atoms with van der Waals surface area (Å²) >= 11 is 0. The summed E-state index contributed by atoms with van der Waals surface area (Å²) in [7, 11) is 2.25. The largest absolute Gasteiger partial charge is 0.304 e. The van der Waals surface area contributed by atoms with Gasteiger partial charge in [0.25, 0.3) is 0 Å². The number of nitrogens with one attached hydrogen (secondary N) is 1. The first-order chi connectivity index (χ1) is 12.2. The maximum atomic E-state index is 3.82. The molecule has 0 aromatic carbocycles. The van der Waals surface area contributed by atoms with Gasteiger partial charge in [-0.25, -0.2) is 4.59 Å². The van der Waals surface area contributed by atoms with E-state index in [1.165, 1.54) is 96.0 Å². The first kappa shape index (κ1) is 19.5. The highest BCUT2D eigenvalue weighted by molar-refractivity contribution is 4.79. The van der Waals surface area contributed by atoms with E-state index in [0.29, 0.717) is 6.17 Å². The predicted octanol–water partition coefficient (Wildman–Crippen LogP) is 0.333. The lowest BCUT2D eigenvalue weighted by molar-refractivity contribution is -1.04. The van der Waals surface area contributed by atoms with Crippen LogP contribution in [0, 0.1) is 0 Å². The van der Waals surface area contributed by atoms with Crippen molar-refractivity contribution in [2.75, 3.05) is 92.1 Å². The minimum Gasteiger partial charge on any atom is -0.304 e. The van der Waals surface area contributed by atoms with Gasteiger partial charge in [0.15, 0.2) is 0 Å². The van der Waals surface area contributed by atoms with E-state index >= 15 is 0 Å². The average Bonchev–Trinajstić information content (AvgIpc) is 2.67. The molecule has 6 heteroatoms. The molecule has 1 N–H and O–H groups in total. The van der Waals surface area contributed by atoms with Crippen LogP contribution in [0.1, 0.15) is 26.7 Å². The van der Waals surface area contributed by atoms with E-state index in [4.69, 9.17) is 0 Å². The summed E-state index contributed by atoms with van der Waals surface area (Å²) in [5.74, 6) is 0. The third-order valence-corrected chi connectivity index (χ3v) is 6.76. The smallest absolute Gasteiger partial charge is 0.126 e. The average molecular weight is 354 g/mol. The highest BCUT2D eigenvalue weighted by Crippen LogP contribution is 2.21. The minimum absolute atomic E-state index is 0.556. The fourth-order valence-electron chi connectivity index (χ4n) is 4.81. The van der Waals surface area contributed by atoms with E-state index in [0.717, 1.165) is 6.54 Å². The first-order valence-corrected chi connectivity index (χ1v) is 10.7. The molecule has 0 amide bonds. The van der Waals surface area contributed by atoms with Crippen LogP contribution in [0.4, 0.5) is 0 Å². The van der Waals surface area contributed by atoms with Crippen molar-refractivity contribution >= 4 is 0 Å². The van der Waals surface area contributed by atoms with Gasteiger partial charge < -0.3 is 9.80 Å². The Morgan fingerprint density at radius 2 is 1.68 bits per heavy atom.